The Kier molecular flexibility index (Phi) is 9.23. The molecule has 0 unspecified atom stereocenters. The molecule has 36 heavy (non-hydrogen) atoms. The molecule has 0 bridgehead atoms. The molecule has 0 aliphatic rings. The Morgan fingerprint density at radius 3 is 2.53 bits per heavy atom. The molecule has 2 aromatic carbocycles. The van der Waals surface area contributed by atoms with Crippen LogP contribution in [0.5, 0.6) is 5.75 Å². The van der Waals surface area contributed by atoms with E-state index < -0.39 is 11.9 Å². The second kappa shape index (κ2) is 12.1. The largest absolute Gasteiger partial charge is 0.489 e. The molecule has 0 saturated carbocycles. The van der Waals surface area contributed by atoms with Gasteiger partial charge < -0.3 is 19.7 Å². The van der Waals surface area contributed by atoms with Crippen LogP contribution in [-0.4, -0.2) is 45.1 Å². The molecule has 1 amide bonds. The molecule has 0 radical (unpaired) electrons. The summed E-state index contributed by atoms with van der Waals surface area (Å²) in [6.45, 7) is 7.47. The summed E-state index contributed by atoms with van der Waals surface area (Å²) in [5.41, 5.74) is 1.67. The normalized spacial score (nSPS) is 12.0. The van der Waals surface area contributed by atoms with Crippen molar-refractivity contribution in [3.63, 3.8) is 0 Å². The summed E-state index contributed by atoms with van der Waals surface area (Å²) in [5.74, 6) is -0.253. The quantitative estimate of drug-likeness (QED) is 0.347. The molecule has 192 valence electrons. The number of Topliss-reactive ketones (excluding diaryl/α,β-unsaturated/α-hetero) is 1. The third-order valence-electron chi connectivity index (χ3n) is 5.59. The number of carbonyl (C=O) groups is 2. The van der Waals surface area contributed by atoms with Gasteiger partial charge in [-0.15, -0.1) is 0 Å². The van der Waals surface area contributed by atoms with E-state index in [4.69, 9.17) is 16.3 Å². The molecule has 9 heteroatoms. The van der Waals surface area contributed by atoms with E-state index in [9.17, 15) is 14.7 Å². The average Bonchev–Trinajstić information content (AvgIpc) is 3.25. The van der Waals surface area contributed by atoms with Gasteiger partial charge in [0.1, 0.15) is 11.6 Å². The van der Waals surface area contributed by atoms with Crippen molar-refractivity contribution < 1.29 is 23.8 Å². The Bertz CT molecular complexity index is 1240. The highest BCUT2D eigenvalue weighted by atomic mass is 35.5. The number of ether oxygens (including phenoxy) is 1. The Morgan fingerprint density at radius 1 is 1.22 bits per heavy atom. The fourth-order valence-corrected chi connectivity index (χ4v) is 4.11. The van der Waals surface area contributed by atoms with Gasteiger partial charge in [0.25, 0.3) is 5.91 Å². The number of hydrogen-bond acceptors (Lipinski definition) is 5. The number of nitrogens with zero attached hydrogens (tertiary/aromatic N) is 2. The summed E-state index contributed by atoms with van der Waals surface area (Å²) < 4.78 is 22.3. The molecule has 0 aliphatic carbocycles. The lowest BCUT2D eigenvalue weighted by Gasteiger charge is -2.19. The van der Waals surface area contributed by atoms with E-state index in [1.165, 1.54) is 19.1 Å². The van der Waals surface area contributed by atoms with Gasteiger partial charge in [-0.2, -0.15) is 0 Å². The molecule has 3 rings (SSSR count). The van der Waals surface area contributed by atoms with Crippen LogP contribution in [0.25, 0.3) is 11.3 Å². The van der Waals surface area contributed by atoms with Crippen molar-refractivity contribution in [2.45, 2.75) is 59.2 Å². The number of amides is 1. The number of nitrogens with one attached hydrogen (secondary N) is 1. The van der Waals surface area contributed by atoms with Crippen molar-refractivity contribution in [2.24, 2.45) is 0 Å². The predicted molar refractivity (Wildman–Crippen MR) is 137 cm³/mol. The Morgan fingerprint density at radius 2 is 1.97 bits per heavy atom. The molecule has 0 aliphatic heterocycles. The maximum Gasteiger partial charge on any atom is 0.251 e. The van der Waals surface area contributed by atoms with Crippen molar-refractivity contribution in [3.8, 4) is 17.0 Å². The van der Waals surface area contributed by atoms with E-state index >= 15 is 4.39 Å². The molecule has 0 spiro atoms. The lowest BCUT2D eigenvalue weighted by atomic mass is 10.0. The molecule has 2 N–H and O–H groups in total. The molecular weight excluding hydrogens is 485 g/mol. The maximum atomic E-state index is 15.0. The summed E-state index contributed by atoms with van der Waals surface area (Å²) in [6, 6.07) is 9.12. The van der Waals surface area contributed by atoms with Crippen LogP contribution < -0.4 is 10.1 Å². The number of carbonyl (C=O) groups excluding carboxylic acids is 2. The van der Waals surface area contributed by atoms with Crippen LogP contribution in [0.1, 0.15) is 60.7 Å². The first kappa shape index (κ1) is 27.4. The zero-order chi connectivity index (χ0) is 26.4. The van der Waals surface area contributed by atoms with Crippen LogP contribution in [0.2, 0.25) is 5.02 Å². The number of imidazole rings is 1. The van der Waals surface area contributed by atoms with Crippen LogP contribution in [0.3, 0.4) is 0 Å². The number of hydrogen-bond donors (Lipinski definition) is 2. The summed E-state index contributed by atoms with van der Waals surface area (Å²) >= 11 is 6.25. The molecule has 7 nitrogen and oxygen atoms in total. The number of rotatable bonds is 11. The van der Waals surface area contributed by atoms with Gasteiger partial charge in [-0.3, -0.25) is 9.59 Å². The van der Waals surface area contributed by atoms with Gasteiger partial charge in [0.15, 0.2) is 11.6 Å². The van der Waals surface area contributed by atoms with Crippen molar-refractivity contribution in [1.82, 2.24) is 14.9 Å². The number of benzene rings is 2. The number of aliphatic hydroxyl groups excluding tert-OH is 1. The fraction of sp³-hybridized carbons (Fsp3) is 0.370. The maximum absolute atomic E-state index is 15.0. The number of aryl methyl sites for hydroxylation is 1. The van der Waals surface area contributed by atoms with E-state index in [1.54, 1.807) is 35.0 Å². The van der Waals surface area contributed by atoms with Gasteiger partial charge in [-0.1, -0.05) is 17.7 Å². The monoisotopic (exact) mass is 515 g/mol. The lowest BCUT2D eigenvalue weighted by molar-refractivity contribution is 0.0929. The zero-order valence-corrected chi connectivity index (χ0v) is 21.6. The van der Waals surface area contributed by atoms with Gasteiger partial charge in [0, 0.05) is 43.4 Å². The standard InChI is InChI=1S/C27H31ClFN3O4/c1-5-32-15-24(31-26(32)17(4)34)21-8-6-18(13-23(21)29)12-20(10-11-33)30-27(35)19-7-9-25(22(28)14-19)36-16(2)3/h6-9,13-16,20,33H,5,10-12H2,1-4H3,(H,30,35)/t20-/m1/s1. The lowest BCUT2D eigenvalue weighted by Crippen LogP contribution is -2.37. The van der Waals surface area contributed by atoms with E-state index in [-0.39, 0.29) is 35.8 Å². The first-order chi connectivity index (χ1) is 17.1. The van der Waals surface area contributed by atoms with E-state index in [0.29, 0.717) is 47.0 Å². The number of halogens is 2. The first-order valence-electron chi connectivity index (χ1n) is 11.9. The topological polar surface area (TPSA) is 93.4 Å². The summed E-state index contributed by atoms with van der Waals surface area (Å²) in [4.78, 5) is 28.9. The number of aliphatic hydroxyl groups is 1. The highest BCUT2D eigenvalue weighted by molar-refractivity contribution is 6.32. The van der Waals surface area contributed by atoms with Gasteiger partial charge >= 0.3 is 0 Å². The third kappa shape index (κ3) is 6.71. The third-order valence-corrected chi connectivity index (χ3v) is 5.89. The van der Waals surface area contributed by atoms with Crippen molar-refractivity contribution >= 4 is 23.3 Å². The first-order valence-corrected chi connectivity index (χ1v) is 12.3. The van der Waals surface area contributed by atoms with Crippen molar-refractivity contribution in [3.05, 3.63) is 70.4 Å². The fourth-order valence-electron chi connectivity index (χ4n) is 3.89. The van der Waals surface area contributed by atoms with E-state index in [0.717, 1.165) is 0 Å². The Balaban J connectivity index is 1.75. The molecule has 0 saturated heterocycles. The van der Waals surface area contributed by atoms with Crippen LogP contribution in [0, 0.1) is 5.82 Å². The second-order valence-corrected chi connectivity index (χ2v) is 9.21. The summed E-state index contributed by atoms with van der Waals surface area (Å²) in [6.07, 6.45) is 2.21. The smallest absolute Gasteiger partial charge is 0.251 e. The van der Waals surface area contributed by atoms with E-state index in [2.05, 4.69) is 10.3 Å². The predicted octanol–water partition coefficient (Wildman–Crippen LogP) is 5.08. The van der Waals surface area contributed by atoms with E-state index in [1.807, 2.05) is 20.8 Å². The molecule has 1 atom stereocenters. The van der Waals surface area contributed by atoms with Crippen LogP contribution in [0.4, 0.5) is 4.39 Å². The minimum absolute atomic E-state index is 0.0542. The van der Waals surface area contributed by atoms with Crippen molar-refractivity contribution in [2.75, 3.05) is 6.61 Å². The molecular formula is C27H31ClFN3O4. The van der Waals surface area contributed by atoms with Gasteiger partial charge in [0.05, 0.1) is 16.8 Å². The van der Waals surface area contributed by atoms with Crippen LogP contribution >= 0.6 is 11.6 Å². The minimum Gasteiger partial charge on any atom is -0.489 e. The average molecular weight is 516 g/mol. The SMILES string of the molecule is CCn1cc(-c2ccc(C[C@@H](CCO)NC(=O)c3ccc(OC(C)C)c(Cl)c3)cc2F)nc1C(C)=O. The Labute approximate surface area is 215 Å². The molecule has 1 heterocycles. The number of ketones is 1. The zero-order valence-electron chi connectivity index (χ0n) is 20.8. The molecule has 3 aromatic rings. The number of aromatic nitrogens is 2. The molecule has 0 fully saturated rings. The van der Waals surface area contributed by atoms with Gasteiger partial charge in [-0.05, 0) is 69.5 Å². The Hall–Kier alpha value is -3.23. The van der Waals surface area contributed by atoms with Crippen LogP contribution in [0.15, 0.2) is 42.6 Å². The van der Waals surface area contributed by atoms with Crippen LogP contribution in [-0.2, 0) is 13.0 Å². The molecule has 1 aromatic heterocycles. The summed E-state index contributed by atoms with van der Waals surface area (Å²) in [5, 5.41) is 12.7. The second-order valence-electron chi connectivity index (χ2n) is 8.80. The summed E-state index contributed by atoms with van der Waals surface area (Å²) in [7, 11) is 0. The minimum atomic E-state index is -0.482. The highest BCUT2D eigenvalue weighted by Gasteiger charge is 2.19. The van der Waals surface area contributed by atoms with Gasteiger partial charge in [-0.25, -0.2) is 9.37 Å². The van der Waals surface area contributed by atoms with Gasteiger partial charge in [0.2, 0.25) is 0 Å². The van der Waals surface area contributed by atoms with Crippen molar-refractivity contribution in [1.29, 1.82) is 0 Å². The highest BCUT2D eigenvalue weighted by Crippen LogP contribution is 2.27.